The van der Waals surface area contributed by atoms with Gasteiger partial charge in [-0.2, -0.15) is 0 Å². The molecule has 2 aliphatic rings. The van der Waals surface area contributed by atoms with Gasteiger partial charge < -0.3 is 23.4 Å². The van der Waals surface area contributed by atoms with Gasteiger partial charge in [-0.25, -0.2) is 0 Å². The van der Waals surface area contributed by atoms with Crippen LogP contribution in [0, 0.1) is 42.2 Å². The fourth-order valence-electron chi connectivity index (χ4n) is 9.83. The molecule has 2 aliphatic carbocycles. The minimum absolute atomic E-state index is 0.123. The molecule has 8 atom stereocenters. The van der Waals surface area contributed by atoms with Crippen LogP contribution in [0.1, 0.15) is 70.1 Å². The molecule has 0 bridgehead atoms. The molecular weight excluding hydrogens is 955 g/mol. The predicted molar refractivity (Wildman–Crippen MR) is 271 cm³/mol. The number of rotatable bonds is 17. The van der Waals surface area contributed by atoms with E-state index < -0.39 is 79.7 Å². The topological polar surface area (TPSA) is 248 Å². The summed E-state index contributed by atoms with van der Waals surface area (Å²) in [7, 11) is 6.11. The molecule has 74 heavy (non-hydrogen) atoms. The summed E-state index contributed by atoms with van der Waals surface area (Å²) in [6.45, 7) is 0. The fourth-order valence-corrected chi connectivity index (χ4v) is 9.83. The number of hydrogen-bond acceptors (Lipinski definition) is 15. The van der Waals surface area contributed by atoms with Gasteiger partial charge in [0.1, 0.15) is 46.2 Å². The summed E-state index contributed by atoms with van der Waals surface area (Å²) in [6, 6.07) is 33.3. The molecule has 8 unspecified atom stereocenters. The van der Waals surface area contributed by atoms with Crippen molar-refractivity contribution < 1.29 is 57.3 Å². The number of Topliss-reactive ketones (excluding diaryl/α,β-unsaturated/α-hetero) is 2. The number of allylic oxidation sites excluding steroid dienone is 2. The Morgan fingerprint density at radius 3 is 1.31 bits per heavy atom. The van der Waals surface area contributed by atoms with Gasteiger partial charge >= 0.3 is 0 Å². The number of nitro groups is 3. The zero-order valence-corrected chi connectivity index (χ0v) is 40.6. The van der Waals surface area contributed by atoms with E-state index >= 15 is 0 Å². The molecule has 0 N–H and O–H groups in total. The molecule has 18 heteroatoms. The highest BCUT2D eigenvalue weighted by Crippen LogP contribution is 2.48. The molecule has 0 aliphatic heterocycles. The summed E-state index contributed by atoms with van der Waals surface area (Å²) >= 11 is 0. The molecule has 1 heterocycles. The van der Waals surface area contributed by atoms with Gasteiger partial charge in [0, 0.05) is 34.8 Å². The number of carbonyl (C=O) groups is 4. The van der Waals surface area contributed by atoms with Crippen molar-refractivity contribution in [3.05, 3.63) is 216 Å². The van der Waals surface area contributed by atoms with Crippen LogP contribution in [0.3, 0.4) is 0 Å². The molecule has 2 saturated carbocycles. The monoisotopic (exact) mass is 1010 g/mol. The Morgan fingerprint density at radius 1 is 0.527 bits per heavy atom. The first-order chi connectivity index (χ1) is 35.6. The maximum absolute atomic E-state index is 13.6. The SMILES string of the molecule is COc1ccc(/C=C/C(=O)C2C(=O)CC(c3ccc(OC)cc3)C([N+](=O)[O-])C2c2cccc([N+](=O)[O-])c2)cc1.COc1ccc(/C=C/C(=O)C2C(=O)CC(c3ccc(OC)cc3)C([N+](=O)[O-])C2c2ccco2)cc1. The molecule has 2 fully saturated rings. The Bertz CT molecular complexity index is 3040. The first-order valence-electron chi connectivity index (χ1n) is 23.3. The third kappa shape index (κ3) is 12.0. The Kier molecular flexibility index (Phi) is 17.0. The van der Waals surface area contributed by atoms with E-state index in [4.69, 9.17) is 23.4 Å². The third-order valence-corrected chi connectivity index (χ3v) is 13.5. The molecule has 18 nitrogen and oxygen atoms in total. The quantitative estimate of drug-likeness (QED) is 0.0357. The van der Waals surface area contributed by atoms with E-state index in [1.165, 1.54) is 70.1 Å². The largest absolute Gasteiger partial charge is 0.497 e. The van der Waals surface area contributed by atoms with Crippen LogP contribution >= 0.6 is 0 Å². The van der Waals surface area contributed by atoms with Gasteiger partial charge in [-0.05, 0) is 101 Å². The zero-order chi connectivity index (χ0) is 53.1. The molecule has 0 radical (unpaired) electrons. The number of ether oxygens (including phenoxy) is 4. The molecular formula is C56H51N3O15. The summed E-state index contributed by atoms with van der Waals surface area (Å²) in [5.74, 6) is -5.64. The van der Waals surface area contributed by atoms with Crippen LogP contribution in [0.4, 0.5) is 5.69 Å². The average molecular weight is 1010 g/mol. The number of hydrogen-bond donors (Lipinski definition) is 0. The first kappa shape index (κ1) is 52.8. The number of benzene rings is 5. The fraction of sp³-hybridized carbons (Fsp3) is 0.250. The highest BCUT2D eigenvalue weighted by Gasteiger charge is 2.56. The molecule has 0 saturated heterocycles. The lowest BCUT2D eigenvalue weighted by molar-refractivity contribution is -0.533. The minimum atomic E-state index is -1.39. The van der Waals surface area contributed by atoms with E-state index in [9.17, 15) is 49.5 Å². The number of methoxy groups -OCH3 is 4. The van der Waals surface area contributed by atoms with E-state index in [-0.39, 0.29) is 35.6 Å². The van der Waals surface area contributed by atoms with Crippen molar-refractivity contribution in [2.75, 3.05) is 28.4 Å². The predicted octanol–water partition coefficient (Wildman–Crippen LogP) is 9.68. The molecule has 380 valence electrons. The van der Waals surface area contributed by atoms with E-state index in [1.807, 2.05) is 0 Å². The smallest absolute Gasteiger partial charge is 0.269 e. The van der Waals surface area contributed by atoms with Crippen LogP contribution in [0.25, 0.3) is 12.2 Å². The minimum Gasteiger partial charge on any atom is -0.497 e. The maximum atomic E-state index is 13.6. The van der Waals surface area contributed by atoms with Gasteiger partial charge in [0.15, 0.2) is 11.6 Å². The second-order valence-corrected chi connectivity index (χ2v) is 17.5. The third-order valence-electron chi connectivity index (χ3n) is 13.5. The number of ketones is 4. The van der Waals surface area contributed by atoms with Gasteiger partial charge in [0.2, 0.25) is 12.1 Å². The summed E-state index contributed by atoms with van der Waals surface area (Å²) in [5.41, 5.74) is 2.49. The molecule has 6 aromatic rings. The highest BCUT2D eigenvalue weighted by atomic mass is 16.6. The number of furan rings is 1. The standard InChI is InChI=1S/C29H26N2O8.C27H25NO7/c1-38-22-11-6-18(7-12-22)8-15-25(32)28-26(33)17-24(19-9-13-23(39-2)14-10-19)29(31(36)37)27(28)20-4-3-5-21(16-20)30(34)35;1-33-19-10-5-17(6-11-19)7-14-22(29)25-23(30)16-21(18-8-12-20(34-2)13-9-18)27(28(31)32)26(25)24-4-3-15-35-24/h3-16,24,27-29H,17H2,1-2H3;3-15,21,25-27H,16H2,1-2H3/b15-8+;14-7+. The molecule has 0 spiro atoms. The van der Waals surface area contributed by atoms with E-state index in [2.05, 4.69) is 0 Å². The van der Waals surface area contributed by atoms with Crippen LogP contribution in [0.2, 0.25) is 0 Å². The van der Waals surface area contributed by atoms with Gasteiger partial charge in [-0.15, -0.1) is 0 Å². The Labute approximate surface area is 424 Å². The van der Waals surface area contributed by atoms with Crippen molar-refractivity contribution in [2.45, 2.75) is 48.6 Å². The van der Waals surface area contributed by atoms with Crippen molar-refractivity contribution in [1.29, 1.82) is 0 Å². The lowest BCUT2D eigenvalue weighted by atomic mass is 9.64. The normalized spacial score (nSPS) is 21.5. The van der Waals surface area contributed by atoms with Crippen LogP contribution in [-0.4, -0.2) is 78.4 Å². The van der Waals surface area contributed by atoms with Gasteiger partial charge in [-0.3, -0.25) is 49.5 Å². The maximum Gasteiger partial charge on any atom is 0.269 e. The Balaban J connectivity index is 0.000000217. The van der Waals surface area contributed by atoms with Crippen LogP contribution in [0.5, 0.6) is 23.0 Å². The summed E-state index contributed by atoms with van der Waals surface area (Å²) in [6.07, 6.45) is 6.70. The Hall–Kier alpha value is -9.06. The summed E-state index contributed by atoms with van der Waals surface area (Å²) in [4.78, 5) is 88.6. The van der Waals surface area contributed by atoms with E-state index in [0.717, 1.165) is 5.56 Å². The van der Waals surface area contributed by atoms with Crippen molar-refractivity contribution in [1.82, 2.24) is 0 Å². The first-order valence-corrected chi connectivity index (χ1v) is 23.3. The highest BCUT2D eigenvalue weighted by molar-refractivity contribution is 6.11. The van der Waals surface area contributed by atoms with Crippen molar-refractivity contribution in [3.63, 3.8) is 0 Å². The average Bonchev–Trinajstić information content (AvgIpc) is 3.96. The summed E-state index contributed by atoms with van der Waals surface area (Å²) < 4.78 is 26.2. The lowest BCUT2D eigenvalue weighted by Crippen LogP contribution is -2.48. The van der Waals surface area contributed by atoms with Gasteiger partial charge in [0.25, 0.3) is 5.69 Å². The summed E-state index contributed by atoms with van der Waals surface area (Å²) in [5, 5.41) is 36.4. The van der Waals surface area contributed by atoms with Crippen LogP contribution in [-0.2, 0) is 19.2 Å². The second-order valence-electron chi connectivity index (χ2n) is 17.5. The van der Waals surface area contributed by atoms with Crippen molar-refractivity contribution >= 4 is 41.0 Å². The van der Waals surface area contributed by atoms with Crippen molar-refractivity contribution in [2.24, 2.45) is 11.8 Å². The zero-order valence-electron chi connectivity index (χ0n) is 40.6. The van der Waals surface area contributed by atoms with Gasteiger partial charge in [0.05, 0.1) is 69.2 Å². The van der Waals surface area contributed by atoms with E-state index in [1.54, 1.807) is 122 Å². The van der Waals surface area contributed by atoms with E-state index in [0.29, 0.717) is 39.7 Å². The van der Waals surface area contributed by atoms with Crippen LogP contribution < -0.4 is 18.9 Å². The number of nitro benzene ring substituents is 1. The molecule has 1 aromatic heterocycles. The van der Waals surface area contributed by atoms with Crippen LogP contribution in [0.15, 0.2) is 156 Å². The lowest BCUT2D eigenvalue weighted by Gasteiger charge is -2.36. The molecule has 8 rings (SSSR count). The number of nitrogens with zero attached hydrogens (tertiary/aromatic N) is 3. The Morgan fingerprint density at radius 2 is 0.932 bits per heavy atom. The number of non-ortho nitro benzene ring substituents is 1. The molecule has 0 amide bonds. The molecule has 5 aromatic carbocycles. The number of carbonyl (C=O) groups excluding carboxylic acids is 4. The van der Waals surface area contributed by atoms with Crippen molar-refractivity contribution in [3.8, 4) is 23.0 Å². The second kappa shape index (κ2) is 23.9. The van der Waals surface area contributed by atoms with Gasteiger partial charge in [-0.1, -0.05) is 72.8 Å².